The molecule has 2 rings (SSSR count). The van der Waals surface area contributed by atoms with Gasteiger partial charge in [-0.05, 0) is 37.1 Å². The number of carbonyl (C=O) groups excluding carboxylic acids is 1. The van der Waals surface area contributed by atoms with Gasteiger partial charge >= 0.3 is 0 Å². The Morgan fingerprint density at radius 1 is 1.24 bits per heavy atom. The van der Waals surface area contributed by atoms with Crippen LogP contribution >= 0.6 is 11.6 Å². The van der Waals surface area contributed by atoms with E-state index in [9.17, 15) is 4.79 Å². The van der Waals surface area contributed by atoms with Gasteiger partial charge in [0.1, 0.15) is 0 Å². The molecule has 2 aromatic carbocycles. The quantitative estimate of drug-likeness (QED) is 0.835. The third-order valence-electron chi connectivity index (χ3n) is 3.45. The van der Waals surface area contributed by atoms with E-state index in [1.807, 2.05) is 38.1 Å². The first kappa shape index (κ1) is 15.4. The predicted octanol–water partition coefficient (Wildman–Crippen LogP) is 4.11. The molecule has 2 aromatic rings. The molecule has 0 fully saturated rings. The number of nitrogen functional groups attached to an aromatic ring is 1. The maximum atomic E-state index is 12.4. The van der Waals surface area contributed by atoms with Crippen molar-refractivity contribution in [1.82, 2.24) is 5.32 Å². The lowest BCUT2D eigenvalue weighted by Gasteiger charge is -2.18. The molecule has 1 amide bonds. The topological polar surface area (TPSA) is 55.1 Å². The average molecular weight is 303 g/mol. The number of rotatable bonds is 4. The summed E-state index contributed by atoms with van der Waals surface area (Å²) in [6.07, 6.45) is 0.808. The van der Waals surface area contributed by atoms with E-state index < -0.39 is 0 Å². The smallest absolute Gasteiger partial charge is 0.253 e. The first-order chi connectivity index (χ1) is 10.0. The number of nitrogens with one attached hydrogen (secondary N) is 1. The summed E-state index contributed by atoms with van der Waals surface area (Å²) in [7, 11) is 0. The Labute approximate surface area is 130 Å². The Morgan fingerprint density at radius 2 is 1.90 bits per heavy atom. The van der Waals surface area contributed by atoms with Crippen molar-refractivity contribution in [2.24, 2.45) is 0 Å². The van der Waals surface area contributed by atoms with Gasteiger partial charge in [0.25, 0.3) is 5.91 Å². The van der Waals surface area contributed by atoms with Crippen LogP contribution in [0.4, 0.5) is 5.69 Å². The van der Waals surface area contributed by atoms with Crippen molar-refractivity contribution in [3.8, 4) is 0 Å². The first-order valence-electron chi connectivity index (χ1n) is 6.93. The average Bonchev–Trinajstić information content (AvgIpc) is 2.45. The van der Waals surface area contributed by atoms with E-state index in [0.29, 0.717) is 16.3 Å². The Kier molecular flexibility index (Phi) is 4.86. The second kappa shape index (κ2) is 6.64. The molecule has 0 bridgehead atoms. The van der Waals surface area contributed by atoms with Crippen molar-refractivity contribution in [2.75, 3.05) is 5.73 Å². The number of carbonyl (C=O) groups is 1. The van der Waals surface area contributed by atoms with Crippen LogP contribution in [0.5, 0.6) is 0 Å². The number of hydrogen-bond donors (Lipinski definition) is 2. The molecule has 1 unspecified atom stereocenters. The Balaban J connectivity index is 2.18. The number of halogens is 1. The number of nitrogens with two attached hydrogens (primary N) is 1. The second-order valence-corrected chi connectivity index (χ2v) is 5.51. The molecule has 0 aliphatic carbocycles. The lowest BCUT2D eigenvalue weighted by atomic mass is 10.0. The highest BCUT2D eigenvalue weighted by Gasteiger charge is 2.16. The van der Waals surface area contributed by atoms with E-state index >= 15 is 0 Å². The number of amides is 1. The van der Waals surface area contributed by atoms with E-state index in [0.717, 1.165) is 12.0 Å². The molecular formula is C17H19ClN2O. The summed E-state index contributed by atoms with van der Waals surface area (Å²) in [6.45, 7) is 4.08. The molecule has 0 aliphatic heterocycles. The number of benzene rings is 2. The standard InChI is InChI=1S/C17H19ClN2O/c1-3-16(12-6-4-11(2)5-7-12)20-17(21)14-9-8-13(18)10-15(14)19/h4-10,16H,3,19H2,1-2H3,(H,20,21). The Bertz CT molecular complexity index is 638. The minimum Gasteiger partial charge on any atom is -0.398 e. The van der Waals surface area contributed by atoms with Gasteiger partial charge in [-0.1, -0.05) is 48.4 Å². The molecule has 0 aromatic heterocycles. The molecule has 21 heavy (non-hydrogen) atoms. The van der Waals surface area contributed by atoms with Crippen molar-refractivity contribution >= 4 is 23.2 Å². The largest absolute Gasteiger partial charge is 0.398 e. The molecule has 0 radical (unpaired) electrons. The Morgan fingerprint density at radius 3 is 2.48 bits per heavy atom. The molecule has 0 saturated heterocycles. The number of aryl methyl sites for hydroxylation is 1. The molecule has 0 heterocycles. The fraction of sp³-hybridized carbons (Fsp3) is 0.235. The molecule has 110 valence electrons. The molecule has 4 heteroatoms. The summed E-state index contributed by atoms with van der Waals surface area (Å²) in [5.74, 6) is -0.184. The van der Waals surface area contributed by atoms with Crippen LogP contribution in [0.2, 0.25) is 5.02 Å². The third-order valence-corrected chi connectivity index (χ3v) is 3.69. The highest BCUT2D eigenvalue weighted by Crippen LogP contribution is 2.21. The molecule has 1 atom stereocenters. The molecular weight excluding hydrogens is 284 g/mol. The molecule has 0 aliphatic rings. The van der Waals surface area contributed by atoms with Crippen molar-refractivity contribution in [2.45, 2.75) is 26.3 Å². The summed E-state index contributed by atoms with van der Waals surface area (Å²) in [5.41, 5.74) is 8.97. The predicted molar refractivity (Wildman–Crippen MR) is 87.5 cm³/mol. The zero-order chi connectivity index (χ0) is 15.4. The zero-order valence-corrected chi connectivity index (χ0v) is 12.9. The van der Waals surface area contributed by atoms with E-state index in [2.05, 4.69) is 5.32 Å². The highest BCUT2D eigenvalue weighted by atomic mass is 35.5. The van der Waals surface area contributed by atoms with Crippen LogP contribution in [0.15, 0.2) is 42.5 Å². The van der Waals surface area contributed by atoms with Gasteiger partial charge in [0.2, 0.25) is 0 Å². The van der Waals surface area contributed by atoms with Crippen LogP contribution in [-0.2, 0) is 0 Å². The van der Waals surface area contributed by atoms with E-state index in [1.165, 1.54) is 5.56 Å². The van der Waals surface area contributed by atoms with Gasteiger partial charge in [-0.3, -0.25) is 4.79 Å². The van der Waals surface area contributed by atoms with Crippen LogP contribution in [-0.4, -0.2) is 5.91 Å². The first-order valence-corrected chi connectivity index (χ1v) is 7.31. The maximum absolute atomic E-state index is 12.4. The monoisotopic (exact) mass is 302 g/mol. The van der Waals surface area contributed by atoms with E-state index in [4.69, 9.17) is 17.3 Å². The second-order valence-electron chi connectivity index (χ2n) is 5.08. The fourth-order valence-electron chi connectivity index (χ4n) is 2.20. The summed E-state index contributed by atoms with van der Waals surface area (Å²) in [4.78, 5) is 12.4. The van der Waals surface area contributed by atoms with Gasteiger partial charge in [0.15, 0.2) is 0 Å². The van der Waals surface area contributed by atoms with Gasteiger partial charge in [0, 0.05) is 10.7 Å². The van der Waals surface area contributed by atoms with Crippen molar-refractivity contribution in [3.05, 3.63) is 64.2 Å². The number of anilines is 1. The molecule has 0 saturated carbocycles. The van der Waals surface area contributed by atoms with Crippen LogP contribution in [0.3, 0.4) is 0 Å². The fourth-order valence-corrected chi connectivity index (χ4v) is 2.38. The summed E-state index contributed by atoms with van der Waals surface area (Å²) < 4.78 is 0. The SMILES string of the molecule is CCC(NC(=O)c1ccc(Cl)cc1N)c1ccc(C)cc1. The van der Waals surface area contributed by atoms with Gasteiger partial charge in [-0.25, -0.2) is 0 Å². The van der Waals surface area contributed by atoms with Gasteiger partial charge in [-0.2, -0.15) is 0 Å². The zero-order valence-electron chi connectivity index (χ0n) is 12.2. The maximum Gasteiger partial charge on any atom is 0.253 e. The minimum absolute atomic E-state index is 0.0341. The van der Waals surface area contributed by atoms with Gasteiger partial charge in [-0.15, -0.1) is 0 Å². The van der Waals surface area contributed by atoms with Crippen LogP contribution in [0.1, 0.15) is 40.9 Å². The summed E-state index contributed by atoms with van der Waals surface area (Å²) >= 11 is 5.85. The van der Waals surface area contributed by atoms with Crippen molar-refractivity contribution in [1.29, 1.82) is 0 Å². The van der Waals surface area contributed by atoms with Gasteiger partial charge < -0.3 is 11.1 Å². The lowest BCUT2D eigenvalue weighted by Crippen LogP contribution is -2.28. The van der Waals surface area contributed by atoms with Crippen LogP contribution in [0.25, 0.3) is 0 Å². The molecule has 0 spiro atoms. The summed E-state index contributed by atoms with van der Waals surface area (Å²) in [6, 6.07) is 13.0. The minimum atomic E-state index is -0.184. The van der Waals surface area contributed by atoms with Crippen LogP contribution in [0, 0.1) is 6.92 Å². The molecule has 3 nitrogen and oxygen atoms in total. The summed E-state index contributed by atoms with van der Waals surface area (Å²) in [5, 5.41) is 3.54. The van der Waals surface area contributed by atoms with Crippen LogP contribution < -0.4 is 11.1 Å². The van der Waals surface area contributed by atoms with E-state index in [1.54, 1.807) is 18.2 Å². The van der Waals surface area contributed by atoms with Crippen molar-refractivity contribution < 1.29 is 4.79 Å². The van der Waals surface area contributed by atoms with E-state index in [-0.39, 0.29) is 11.9 Å². The normalized spacial score (nSPS) is 12.0. The van der Waals surface area contributed by atoms with Crippen molar-refractivity contribution in [3.63, 3.8) is 0 Å². The molecule has 3 N–H and O–H groups in total. The highest BCUT2D eigenvalue weighted by molar-refractivity contribution is 6.31. The third kappa shape index (κ3) is 3.76. The number of hydrogen-bond acceptors (Lipinski definition) is 2. The lowest BCUT2D eigenvalue weighted by molar-refractivity contribution is 0.0936. The van der Waals surface area contributed by atoms with Gasteiger partial charge in [0.05, 0.1) is 11.6 Å². The Hall–Kier alpha value is -2.00.